The number of anilines is 1. The minimum Gasteiger partial charge on any atom is -0.480 e. The van der Waals surface area contributed by atoms with Crippen molar-refractivity contribution in [1.82, 2.24) is 10.2 Å². The molecule has 1 fully saturated rings. The van der Waals surface area contributed by atoms with Crippen LogP contribution < -0.4 is 10.6 Å². The van der Waals surface area contributed by atoms with E-state index in [1.54, 1.807) is 0 Å². The molecule has 0 saturated heterocycles. The molecule has 1 aromatic rings. The van der Waals surface area contributed by atoms with Gasteiger partial charge in [0, 0.05) is 30.2 Å². The van der Waals surface area contributed by atoms with Crippen molar-refractivity contribution in [2.45, 2.75) is 71.0 Å². The SMILES string of the molecule is CCN(CC(=O)O)C1CC(NC(C)CC(=O)Nc2ccccc2C(C)C)C1. The van der Waals surface area contributed by atoms with Crippen LogP contribution in [0.25, 0.3) is 0 Å². The monoisotopic (exact) mass is 375 g/mol. The number of carboxylic acid groups (broad SMARTS) is 1. The van der Waals surface area contributed by atoms with E-state index in [1.807, 2.05) is 43.0 Å². The number of nitrogens with zero attached hydrogens (tertiary/aromatic N) is 1. The number of amides is 1. The van der Waals surface area contributed by atoms with Gasteiger partial charge in [0.2, 0.25) is 5.91 Å². The molecular weight excluding hydrogens is 342 g/mol. The fourth-order valence-corrected chi connectivity index (χ4v) is 3.75. The highest BCUT2D eigenvalue weighted by atomic mass is 16.4. The van der Waals surface area contributed by atoms with Crippen LogP contribution in [0, 0.1) is 0 Å². The summed E-state index contributed by atoms with van der Waals surface area (Å²) in [4.78, 5) is 25.3. The van der Waals surface area contributed by atoms with Crippen molar-refractivity contribution in [2.75, 3.05) is 18.4 Å². The Hall–Kier alpha value is -1.92. The number of carboxylic acids is 1. The summed E-state index contributed by atoms with van der Waals surface area (Å²) in [5, 5.41) is 15.5. The zero-order chi connectivity index (χ0) is 20.0. The van der Waals surface area contributed by atoms with Crippen LogP contribution in [0.2, 0.25) is 0 Å². The van der Waals surface area contributed by atoms with Crippen LogP contribution in [-0.4, -0.2) is 53.1 Å². The first-order valence-corrected chi connectivity index (χ1v) is 9.90. The van der Waals surface area contributed by atoms with Crippen LogP contribution in [0.4, 0.5) is 5.69 Å². The minimum absolute atomic E-state index is 0.0139. The molecule has 0 heterocycles. The van der Waals surface area contributed by atoms with Gasteiger partial charge in [-0.25, -0.2) is 0 Å². The Morgan fingerprint density at radius 2 is 1.89 bits per heavy atom. The zero-order valence-corrected chi connectivity index (χ0v) is 16.9. The topological polar surface area (TPSA) is 81.7 Å². The van der Waals surface area contributed by atoms with E-state index in [0.29, 0.717) is 24.4 Å². The molecular formula is C21H33N3O3. The van der Waals surface area contributed by atoms with Crippen molar-refractivity contribution < 1.29 is 14.7 Å². The first kappa shape index (κ1) is 21.4. The van der Waals surface area contributed by atoms with E-state index in [9.17, 15) is 9.59 Å². The van der Waals surface area contributed by atoms with Gasteiger partial charge in [0.25, 0.3) is 0 Å². The van der Waals surface area contributed by atoms with E-state index < -0.39 is 5.97 Å². The second kappa shape index (κ2) is 9.85. The maximum atomic E-state index is 12.4. The van der Waals surface area contributed by atoms with E-state index in [0.717, 1.165) is 30.6 Å². The Kier molecular flexibility index (Phi) is 7.80. The van der Waals surface area contributed by atoms with Crippen molar-refractivity contribution in [2.24, 2.45) is 0 Å². The molecule has 2 rings (SSSR count). The third-order valence-corrected chi connectivity index (χ3v) is 5.24. The third kappa shape index (κ3) is 6.33. The van der Waals surface area contributed by atoms with Crippen molar-refractivity contribution in [3.05, 3.63) is 29.8 Å². The second-order valence-electron chi connectivity index (χ2n) is 7.84. The van der Waals surface area contributed by atoms with E-state index in [1.165, 1.54) is 0 Å². The number of para-hydroxylation sites is 1. The van der Waals surface area contributed by atoms with Crippen molar-refractivity contribution in [3.63, 3.8) is 0 Å². The van der Waals surface area contributed by atoms with Gasteiger partial charge in [-0.1, -0.05) is 39.0 Å². The van der Waals surface area contributed by atoms with Gasteiger partial charge < -0.3 is 15.7 Å². The fraction of sp³-hybridized carbons (Fsp3) is 0.619. The van der Waals surface area contributed by atoms with Crippen LogP contribution in [0.1, 0.15) is 58.4 Å². The maximum Gasteiger partial charge on any atom is 0.317 e. The lowest BCUT2D eigenvalue weighted by Crippen LogP contribution is -2.55. The largest absolute Gasteiger partial charge is 0.480 e. The molecule has 0 spiro atoms. The predicted molar refractivity (Wildman–Crippen MR) is 108 cm³/mol. The molecule has 1 aliphatic rings. The Morgan fingerprint density at radius 1 is 1.22 bits per heavy atom. The highest BCUT2D eigenvalue weighted by molar-refractivity contribution is 5.92. The summed E-state index contributed by atoms with van der Waals surface area (Å²) in [6.07, 6.45) is 2.28. The van der Waals surface area contributed by atoms with Gasteiger partial charge in [0.05, 0.1) is 6.54 Å². The molecule has 1 amide bonds. The summed E-state index contributed by atoms with van der Waals surface area (Å²) < 4.78 is 0. The molecule has 0 radical (unpaired) electrons. The van der Waals surface area contributed by atoms with E-state index in [4.69, 9.17) is 5.11 Å². The van der Waals surface area contributed by atoms with Gasteiger partial charge >= 0.3 is 5.97 Å². The van der Waals surface area contributed by atoms with Crippen LogP contribution in [0.15, 0.2) is 24.3 Å². The number of nitrogens with one attached hydrogen (secondary N) is 2. The number of carbonyl (C=O) groups excluding carboxylic acids is 1. The number of rotatable bonds is 10. The first-order chi connectivity index (χ1) is 12.8. The molecule has 0 aliphatic heterocycles. The molecule has 150 valence electrons. The summed E-state index contributed by atoms with van der Waals surface area (Å²) >= 11 is 0. The average Bonchev–Trinajstić information content (AvgIpc) is 2.55. The molecule has 6 nitrogen and oxygen atoms in total. The summed E-state index contributed by atoms with van der Waals surface area (Å²) in [7, 11) is 0. The second-order valence-corrected chi connectivity index (χ2v) is 7.84. The molecule has 1 aromatic carbocycles. The number of benzene rings is 1. The number of hydrogen-bond acceptors (Lipinski definition) is 4. The summed E-state index contributed by atoms with van der Waals surface area (Å²) in [5.41, 5.74) is 2.03. The zero-order valence-electron chi connectivity index (χ0n) is 16.9. The van der Waals surface area contributed by atoms with Crippen molar-refractivity contribution in [3.8, 4) is 0 Å². The van der Waals surface area contributed by atoms with Crippen LogP contribution >= 0.6 is 0 Å². The Morgan fingerprint density at radius 3 is 2.48 bits per heavy atom. The summed E-state index contributed by atoms with van der Waals surface area (Å²) in [6.45, 7) is 9.10. The molecule has 27 heavy (non-hydrogen) atoms. The maximum absolute atomic E-state index is 12.4. The molecule has 1 unspecified atom stereocenters. The molecule has 0 bridgehead atoms. The third-order valence-electron chi connectivity index (χ3n) is 5.24. The number of likely N-dealkylation sites (N-methyl/N-ethyl adjacent to an activating group) is 1. The van der Waals surface area contributed by atoms with Gasteiger partial charge in [-0.05, 0) is 43.9 Å². The van der Waals surface area contributed by atoms with Crippen molar-refractivity contribution >= 4 is 17.6 Å². The normalized spacial score (nSPS) is 20.4. The molecule has 6 heteroatoms. The lowest BCUT2D eigenvalue weighted by atomic mass is 9.84. The van der Waals surface area contributed by atoms with E-state index >= 15 is 0 Å². The first-order valence-electron chi connectivity index (χ1n) is 9.90. The van der Waals surface area contributed by atoms with Gasteiger partial charge in [0.1, 0.15) is 0 Å². The Bertz CT molecular complexity index is 641. The summed E-state index contributed by atoms with van der Waals surface area (Å²) in [5.74, 6) is -0.406. The van der Waals surface area contributed by atoms with E-state index in [2.05, 4.69) is 24.5 Å². The summed E-state index contributed by atoms with van der Waals surface area (Å²) in [6, 6.07) is 8.68. The van der Waals surface area contributed by atoms with Crippen LogP contribution in [-0.2, 0) is 9.59 Å². The number of hydrogen-bond donors (Lipinski definition) is 3. The predicted octanol–water partition coefficient (Wildman–Crippen LogP) is 3.05. The average molecular weight is 376 g/mol. The van der Waals surface area contributed by atoms with Gasteiger partial charge in [-0.2, -0.15) is 0 Å². The fourth-order valence-electron chi connectivity index (χ4n) is 3.75. The standard InChI is InChI=1S/C21H33N3O3/c1-5-24(13-21(26)27)17-11-16(12-17)22-15(4)10-20(25)23-19-9-7-6-8-18(19)14(2)3/h6-9,14-17,22H,5,10-13H2,1-4H3,(H,23,25)(H,26,27). The van der Waals surface area contributed by atoms with Gasteiger partial charge in [-0.3, -0.25) is 14.5 Å². The van der Waals surface area contributed by atoms with Crippen LogP contribution in [0.5, 0.6) is 0 Å². The molecule has 3 N–H and O–H groups in total. The number of aliphatic carboxylic acids is 1. The molecule has 1 saturated carbocycles. The highest BCUT2D eigenvalue weighted by Gasteiger charge is 2.34. The minimum atomic E-state index is -0.778. The Labute approximate surface area is 162 Å². The highest BCUT2D eigenvalue weighted by Crippen LogP contribution is 2.26. The Balaban J connectivity index is 1.76. The van der Waals surface area contributed by atoms with Crippen molar-refractivity contribution in [1.29, 1.82) is 0 Å². The molecule has 1 atom stereocenters. The molecule has 0 aromatic heterocycles. The lowest BCUT2D eigenvalue weighted by Gasteiger charge is -2.43. The van der Waals surface area contributed by atoms with E-state index in [-0.39, 0.29) is 18.5 Å². The van der Waals surface area contributed by atoms with Gasteiger partial charge in [0.15, 0.2) is 0 Å². The molecule has 1 aliphatic carbocycles. The lowest BCUT2D eigenvalue weighted by molar-refractivity contribution is -0.139. The smallest absolute Gasteiger partial charge is 0.317 e. The van der Waals surface area contributed by atoms with Crippen LogP contribution in [0.3, 0.4) is 0 Å². The number of carbonyl (C=O) groups is 2. The van der Waals surface area contributed by atoms with Gasteiger partial charge in [-0.15, -0.1) is 0 Å². The quantitative estimate of drug-likeness (QED) is 0.586.